The third-order valence-electron chi connectivity index (χ3n) is 3.24. The molecule has 0 spiro atoms. The molecule has 1 aliphatic heterocycles. The highest BCUT2D eigenvalue weighted by Gasteiger charge is 2.28. The number of hydrogen-bond acceptors (Lipinski definition) is 4. The first-order valence-corrected chi connectivity index (χ1v) is 7.88. The summed E-state index contributed by atoms with van der Waals surface area (Å²) in [7, 11) is 3.34. The predicted octanol–water partition coefficient (Wildman–Crippen LogP) is 1.08. The van der Waals surface area contributed by atoms with E-state index in [1.165, 1.54) is 16.7 Å². The second-order valence-corrected chi connectivity index (χ2v) is 6.43. The average molecular weight is 321 g/mol. The van der Waals surface area contributed by atoms with Crippen molar-refractivity contribution in [1.29, 1.82) is 0 Å². The van der Waals surface area contributed by atoms with Gasteiger partial charge in [-0.15, -0.1) is 11.8 Å². The van der Waals surface area contributed by atoms with Crippen molar-refractivity contribution in [1.82, 2.24) is 10.2 Å². The molecule has 0 radical (unpaired) electrons. The SMILES string of the molecule is CN(C)C(=O)CCNC(=O)C[C@@H]1Sc2ccccc2NC1=O. The predicted molar refractivity (Wildman–Crippen MR) is 85.7 cm³/mol. The second-order valence-electron chi connectivity index (χ2n) is 5.18. The molecule has 3 amide bonds. The van der Waals surface area contributed by atoms with Crippen molar-refractivity contribution >= 4 is 35.2 Å². The van der Waals surface area contributed by atoms with Gasteiger partial charge in [-0.3, -0.25) is 14.4 Å². The van der Waals surface area contributed by atoms with Gasteiger partial charge in [0.2, 0.25) is 17.7 Å². The van der Waals surface area contributed by atoms with Crippen molar-refractivity contribution in [3.8, 4) is 0 Å². The van der Waals surface area contributed by atoms with E-state index in [-0.39, 0.29) is 37.1 Å². The highest BCUT2D eigenvalue weighted by Crippen LogP contribution is 2.36. The smallest absolute Gasteiger partial charge is 0.238 e. The van der Waals surface area contributed by atoms with Gasteiger partial charge in [0.25, 0.3) is 0 Å². The summed E-state index contributed by atoms with van der Waals surface area (Å²) in [5.74, 6) is -0.430. The lowest BCUT2D eigenvalue weighted by atomic mass is 10.2. The standard InChI is InChI=1S/C15H19N3O3S/c1-18(2)14(20)7-8-16-13(19)9-12-15(21)17-10-5-3-4-6-11(10)22-12/h3-6,12H,7-9H2,1-2H3,(H,16,19)(H,17,21)/t12-/m0/s1. The van der Waals surface area contributed by atoms with Gasteiger partial charge in [0.1, 0.15) is 0 Å². The minimum atomic E-state index is -0.445. The number of rotatable bonds is 5. The molecule has 118 valence electrons. The molecule has 1 aliphatic rings. The summed E-state index contributed by atoms with van der Waals surface area (Å²) < 4.78 is 0. The summed E-state index contributed by atoms with van der Waals surface area (Å²) >= 11 is 1.39. The Labute approximate surface area is 133 Å². The zero-order valence-electron chi connectivity index (χ0n) is 12.6. The highest BCUT2D eigenvalue weighted by atomic mass is 32.2. The Morgan fingerprint density at radius 2 is 2.05 bits per heavy atom. The van der Waals surface area contributed by atoms with Crippen molar-refractivity contribution < 1.29 is 14.4 Å². The van der Waals surface area contributed by atoms with E-state index in [0.29, 0.717) is 0 Å². The molecule has 0 bridgehead atoms. The number of anilines is 1. The van der Waals surface area contributed by atoms with Crippen LogP contribution in [0.25, 0.3) is 0 Å². The van der Waals surface area contributed by atoms with Crippen LogP contribution in [0.3, 0.4) is 0 Å². The number of carbonyl (C=O) groups excluding carboxylic acids is 3. The molecule has 0 aromatic heterocycles. The first kappa shape index (κ1) is 16.4. The van der Waals surface area contributed by atoms with Crippen LogP contribution in [0, 0.1) is 0 Å². The zero-order chi connectivity index (χ0) is 16.1. The fourth-order valence-corrected chi connectivity index (χ4v) is 3.11. The maximum Gasteiger partial charge on any atom is 0.238 e. The number of nitrogens with one attached hydrogen (secondary N) is 2. The lowest BCUT2D eigenvalue weighted by molar-refractivity contribution is -0.129. The number of amides is 3. The van der Waals surface area contributed by atoms with Gasteiger partial charge in [-0.25, -0.2) is 0 Å². The summed E-state index contributed by atoms with van der Waals surface area (Å²) in [5.41, 5.74) is 0.783. The van der Waals surface area contributed by atoms with Crippen LogP contribution in [0.15, 0.2) is 29.2 Å². The third kappa shape index (κ3) is 4.24. The zero-order valence-corrected chi connectivity index (χ0v) is 13.4. The molecule has 0 saturated heterocycles. The van der Waals surface area contributed by atoms with Crippen molar-refractivity contribution in [2.75, 3.05) is 26.0 Å². The molecule has 1 heterocycles. The van der Waals surface area contributed by atoms with Gasteiger partial charge in [-0.1, -0.05) is 12.1 Å². The molecule has 2 N–H and O–H groups in total. The first-order chi connectivity index (χ1) is 10.5. The maximum absolute atomic E-state index is 12.0. The van der Waals surface area contributed by atoms with Gasteiger partial charge in [0, 0.05) is 38.4 Å². The van der Waals surface area contributed by atoms with Crippen LogP contribution in [-0.2, 0) is 14.4 Å². The van der Waals surface area contributed by atoms with Gasteiger partial charge in [-0.2, -0.15) is 0 Å². The van der Waals surface area contributed by atoms with Crippen LogP contribution < -0.4 is 10.6 Å². The molecule has 0 fully saturated rings. The van der Waals surface area contributed by atoms with Crippen LogP contribution in [0.2, 0.25) is 0 Å². The van der Waals surface area contributed by atoms with E-state index < -0.39 is 5.25 Å². The molecule has 7 heteroatoms. The molecule has 6 nitrogen and oxygen atoms in total. The van der Waals surface area contributed by atoms with E-state index in [9.17, 15) is 14.4 Å². The Kier molecular flexibility index (Phi) is 5.43. The monoisotopic (exact) mass is 321 g/mol. The van der Waals surface area contributed by atoms with E-state index in [0.717, 1.165) is 10.6 Å². The molecule has 1 atom stereocenters. The number of hydrogen-bond donors (Lipinski definition) is 2. The number of nitrogens with zero attached hydrogens (tertiary/aromatic N) is 1. The fraction of sp³-hybridized carbons (Fsp3) is 0.400. The summed E-state index contributed by atoms with van der Waals surface area (Å²) in [6, 6.07) is 7.51. The first-order valence-electron chi connectivity index (χ1n) is 7.01. The summed E-state index contributed by atoms with van der Waals surface area (Å²) in [4.78, 5) is 37.7. The van der Waals surface area contributed by atoms with Gasteiger partial charge >= 0.3 is 0 Å². The van der Waals surface area contributed by atoms with Crippen LogP contribution in [0.5, 0.6) is 0 Å². The van der Waals surface area contributed by atoms with Crippen molar-refractivity contribution in [3.63, 3.8) is 0 Å². The molecular weight excluding hydrogens is 302 g/mol. The number of para-hydroxylation sites is 1. The molecular formula is C15H19N3O3S. The average Bonchev–Trinajstić information content (AvgIpc) is 2.47. The molecule has 0 unspecified atom stereocenters. The van der Waals surface area contributed by atoms with Crippen molar-refractivity contribution in [2.45, 2.75) is 23.0 Å². The number of fused-ring (bicyclic) bond motifs is 1. The van der Waals surface area contributed by atoms with E-state index in [2.05, 4.69) is 10.6 Å². The van der Waals surface area contributed by atoms with E-state index >= 15 is 0 Å². The second kappa shape index (κ2) is 7.31. The van der Waals surface area contributed by atoms with Gasteiger partial charge < -0.3 is 15.5 Å². The number of benzene rings is 1. The van der Waals surface area contributed by atoms with Gasteiger partial charge in [0.05, 0.1) is 10.9 Å². The maximum atomic E-state index is 12.0. The van der Waals surface area contributed by atoms with Crippen LogP contribution in [0.1, 0.15) is 12.8 Å². The normalized spacial score (nSPS) is 16.5. The highest BCUT2D eigenvalue weighted by molar-refractivity contribution is 8.01. The summed E-state index contributed by atoms with van der Waals surface area (Å²) in [5, 5.41) is 5.04. The molecule has 0 saturated carbocycles. The Bertz CT molecular complexity index is 589. The third-order valence-corrected chi connectivity index (χ3v) is 4.51. The minimum absolute atomic E-state index is 0.0426. The van der Waals surface area contributed by atoms with Crippen LogP contribution in [-0.4, -0.2) is 48.5 Å². The van der Waals surface area contributed by atoms with E-state index in [4.69, 9.17) is 0 Å². The Morgan fingerprint density at radius 3 is 2.77 bits per heavy atom. The van der Waals surface area contributed by atoms with E-state index in [1.54, 1.807) is 14.1 Å². The molecule has 1 aromatic rings. The largest absolute Gasteiger partial charge is 0.356 e. The Balaban J connectivity index is 1.82. The molecule has 1 aromatic carbocycles. The number of carbonyl (C=O) groups is 3. The van der Waals surface area contributed by atoms with Crippen LogP contribution >= 0.6 is 11.8 Å². The summed E-state index contributed by atoms with van der Waals surface area (Å²) in [6.07, 6.45) is 0.354. The quantitative estimate of drug-likeness (QED) is 0.851. The number of thioether (sulfide) groups is 1. The minimum Gasteiger partial charge on any atom is -0.356 e. The Hall–Kier alpha value is -2.02. The topological polar surface area (TPSA) is 78.5 Å². The molecule has 2 rings (SSSR count). The fourth-order valence-electron chi connectivity index (χ4n) is 2.00. The van der Waals surface area contributed by atoms with Crippen molar-refractivity contribution in [2.24, 2.45) is 0 Å². The van der Waals surface area contributed by atoms with Crippen LogP contribution in [0.4, 0.5) is 5.69 Å². The Morgan fingerprint density at radius 1 is 1.32 bits per heavy atom. The lowest BCUT2D eigenvalue weighted by Gasteiger charge is -2.23. The lowest BCUT2D eigenvalue weighted by Crippen LogP contribution is -2.36. The molecule has 0 aliphatic carbocycles. The van der Waals surface area contributed by atoms with E-state index in [1.807, 2.05) is 24.3 Å². The van der Waals surface area contributed by atoms with Gasteiger partial charge in [0.15, 0.2) is 0 Å². The van der Waals surface area contributed by atoms with Gasteiger partial charge in [-0.05, 0) is 12.1 Å². The molecule has 22 heavy (non-hydrogen) atoms. The van der Waals surface area contributed by atoms with Crippen molar-refractivity contribution in [3.05, 3.63) is 24.3 Å². The summed E-state index contributed by atoms with van der Waals surface area (Å²) in [6.45, 7) is 0.283.